The van der Waals surface area contributed by atoms with Crippen molar-refractivity contribution in [3.05, 3.63) is 30.3 Å². The van der Waals surface area contributed by atoms with E-state index in [0.717, 1.165) is 5.69 Å². The number of nitrogens with two attached hydrogens (primary N) is 1. The molecule has 0 saturated carbocycles. The van der Waals surface area contributed by atoms with Crippen LogP contribution in [0.5, 0.6) is 0 Å². The van der Waals surface area contributed by atoms with Crippen molar-refractivity contribution in [2.24, 2.45) is 0 Å². The molecule has 0 radical (unpaired) electrons. The first-order valence-corrected chi connectivity index (χ1v) is 4.60. The second-order valence-electron chi connectivity index (χ2n) is 3.27. The molecule has 14 heavy (non-hydrogen) atoms. The predicted molar refractivity (Wildman–Crippen MR) is 59.8 cm³/mol. The van der Waals surface area contributed by atoms with E-state index >= 15 is 0 Å². The Labute approximate surface area is 85.3 Å². The monoisotopic (exact) mass is 194 g/mol. The second kappa shape index (κ2) is 6.95. The van der Waals surface area contributed by atoms with Crippen molar-refractivity contribution in [3.8, 4) is 0 Å². The Balaban J connectivity index is 0.000000241. The fraction of sp³-hybridized carbons (Fsp3) is 0.364. The van der Waals surface area contributed by atoms with Gasteiger partial charge in [-0.25, -0.2) is 0 Å². The summed E-state index contributed by atoms with van der Waals surface area (Å²) in [6.45, 7) is 5.38. The molecule has 0 aliphatic rings. The summed E-state index contributed by atoms with van der Waals surface area (Å²) in [5.41, 5.74) is 6.18. The van der Waals surface area contributed by atoms with Crippen LogP contribution in [0.2, 0.25) is 0 Å². The van der Waals surface area contributed by atoms with Crippen molar-refractivity contribution in [2.45, 2.75) is 26.8 Å². The van der Waals surface area contributed by atoms with Gasteiger partial charge in [0.15, 0.2) is 0 Å². The number of rotatable bonds is 1. The number of para-hydroxylation sites is 1. The molecule has 1 amide bonds. The van der Waals surface area contributed by atoms with E-state index in [0.29, 0.717) is 0 Å². The molecule has 3 N–H and O–H groups in total. The van der Waals surface area contributed by atoms with Crippen LogP contribution >= 0.6 is 0 Å². The zero-order valence-electron chi connectivity index (χ0n) is 8.95. The third-order valence-electron chi connectivity index (χ3n) is 1.29. The first kappa shape index (κ1) is 12.5. The quantitative estimate of drug-likeness (QED) is 0.670. The summed E-state index contributed by atoms with van der Waals surface area (Å²) in [7, 11) is 0. The highest BCUT2D eigenvalue weighted by molar-refractivity contribution is 5.73. The Morgan fingerprint density at radius 3 is 1.93 bits per heavy atom. The number of nitrogen functional groups attached to an aromatic ring is 1. The van der Waals surface area contributed by atoms with Gasteiger partial charge in [0.2, 0.25) is 5.91 Å². The van der Waals surface area contributed by atoms with Crippen LogP contribution in [0.15, 0.2) is 30.3 Å². The smallest absolute Gasteiger partial charge is 0.217 e. The van der Waals surface area contributed by atoms with Crippen LogP contribution < -0.4 is 11.1 Å². The molecule has 0 aliphatic carbocycles. The molecule has 1 rings (SSSR count). The van der Waals surface area contributed by atoms with Gasteiger partial charge in [0.05, 0.1) is 0 Å². The lowest BCUT2D eigenvalue weighted by molar-refractivity contribution is -0.119. The Hall–Kier alpha value is -1.51. The van der Waals surface area contributed by atoms with E-state index in [9.17, 15) is 4.79 Å². The number of benzene rings is 1. The van der Waals surface area contributed by atoms with Crippen LogP contribution in [0, 0.1) is 0 Å². The minimum atomic E-state index is 0.0370. The van der Waals surface area contributed by atoms with Crippen molar-refractivity contribution >= 4 is 11.6 Å². The van der Waals surface area contributed by atoms with E-state index in [1.54, 1.807) is 0 Å². The molecule has 0 saturated heterocycles. The average molecular weight is 194 g/mol. The van der Waals surface area contributed by atoms with Crippen molar-refractivity contribution in [2.75, 3.05) is 5.73 Å². The maximum Gasteiger partial charge on any atom is 0.217 e. The van der Waals surface area contributed by atoms with Crippen LogP contribution in [0.1, 0.15) is 20.8 Å². The first-order chi connectivity index (χ1) is 6.52. The summed E-state index contributed by atoms with van der Waals surface area (Å²) in [5, 5.41) is 2.67. The van der Waals surface area contributed by atoms with Gasteiger partial charge >= 0.3 is 0 Å². The number of carbonyl (C=O) groups excluding carboxylic acids is 1. The Kier molecular flexibility index (Phi) is 6.20. The molecule has 0 atom stereocenters. The molecule has 0 aromatic heterocycles. The highest BCUT2D eigenvalue weighted by Gasteiger charge is 1.90. The van der Waals surface area contributed by atoms with E-state index in [4.69, 9.17) is 5.73 Å². The molecule has 0 fully saturated rings. The summed E-state index contributed by atoms with van der Waals surface area (Å²) >= 11 is 0. The lowest BCUT2D eigenvalue weighted by Crippen LogP contribution is -2.27. The summed E-state index contributed by atoms with van der Waals surface area (Å²) in [4.78, 5) is 10.1. The van der Waals surface area contributed by atoms with Crippen LogP contribution in [0.25, 0.3) is 0 Å². The molecule has 3 heteroatoms. The summed E-state index contributed by atoms with van der Waals surface area (Å²) < 4.78 is 0. The van der Waals surface area contributed by atoms with E-state index in [1.165, 1.54) is 6.92 Å². The molecule has 1 aromatic rings. The molecule has 0 unspecified atom stereocenters. The SMILES string of the molecule is CC(=O)NC(C)C.Nc1ccccc1. The highest BCUT2D eigenvalue weighted by atomic mass is 16.1. The van der Waals surface area contributed by atoms with Gasteiger partial charge in [0.25, 0.3) is 0 Å². The van der Waals surface area contributed by atoms with Gasteiger partial charge in [-0.1, -0.05) is 18.2 Å². The lowest BCUT2D eigenvalue weighted by Gasteiger charge is -2.02. The van der Waals surface area contributed by atoms with Crippen LogP contribution in [0.3, 0.4) is 0 Å². The second-order valence-corrected chi connectivity index (χ2v) is 3.27. The van der Waals surface area contributed by atoms with Crippen LogP contribution in [-0.4, -0.2) is 11.9 Å². The van der Waals surface area contributed by atoms with Gasteiger partial charge in [-0.05, 0) is 26.0 Å². The third kappa shape index (κ3) is 8.59. The standard InChI is InChI=1S/C6H7N.C5H11NO/c7-6-4-2-1-3-5-6;1-4(2)6-5(3)7/h1-5H,7H2;4H,1-3H3,(H,6,7). The minimum absolute atomic E-state index is 0.0370. The van der Waals surface area contributed by atoms with Crippen molar-refractivity contribution < 1.29 is 4.79 Å². The van der Waals surface area contributed by atoms with Crippen molar-refractivity contribution in [1.29, 1.82) is 0 Å². The normalized spacial score (nSPS) is 8.86. The zero-order chi connectivity index (χ0) is 11.0. The molecule has 0 bridgehead atoms. The van der Waals surface area contributed by atoms with E-state index in [-0.39, 0.29) is 11.9 Å². The summed E-state index contributed by atoms with van der Waals surface area (Å²) in [6.07, 6.45) is 0. The van der Waals surface area contributed by atoms with E-state index < -0.39 is 0 Å². The van der Waals surface area contributed by atoms with Crippen LogP contribution in [-0.2, 0) is 4.79 Å². The largest absolute Gasteiger partial charge is 0.399 e. The molecule has 0 spiro atoms. The third-order valence-corrected chi connectivity index (χ3v) is 1.29. The summed E-state index contributed by atoms with van der Waals surface area (Å²) in [6, 6.07) is 9.76. The fourth-order valence-corrected chi connectivity index (χ4v) is 0.860. The fourth-order valence-electron chi connectivity index (χ4n) is 0.860. The summed E-state index contributed by atoms with van der Waals surface area (Å²) in [5.74, 6) is 0.0370. The molecule has 0 aliphatic heterocycles. The van der Waals surface area contributed by atoms with Gasteiger partial charge in [-0.3, -0.25) is 4.79 Å². The van der Waals surface area contributed by atoms with E-state index in [2.05, 4.69) is 5.32 Å². The average Bonchev–Trinajstić information content (AvgIpc) is 2.03. The molecule has 3 nitrogen and oxygen atoms in total. The van der Waals surface area contributed by atoms with Gasteiger partial charge in [-0.15, -0.1) is 0 Å². The van der Waals surface area contributed by atoms with Gasteiger partial charge in [-0.2, -0.15) is 0 Å². The maximum atomic E-state index is 10.1. The number of nitrogens with one attached hydrogen (secondary N) is 1. The van der Waals surface area contributed by atoms with Gasteiger partial charge in [0.1, 0.15) is 0 Å². The van der Waals surface area contributed by atoms with Gasteiger partial charge < -0.3 is 11.1 Å². The topological polar surface area (TPSA) is 55.1 Å². The Bertz CT molecular complexity index is 257. The zero-order valence-corrected chi connectivity index (χ0v) is 8.95. The molecule has 78 valence electrons. The minimum Gasteiger partial charge on any atom is -0.399 e. The van der Waals surface area contributed by atoms with Crippen molar-refractivity contribution in [3.63, 3.8) is 0 Å². The number of carbonyl (C=O) groups is 1. The molecular weight excluding hydrogens is 176 g/mol. The number of hydrogen-bond donors (Lipinski definition) is 2. The number of anilines is 1. The highest BCUT2D eigenvalue weighted by Crippen LogP contribution is 1.95. The number of hydrogen-bond acceptors (Lipinski definition) is 2. The molecule has 0 heterocycles. The lowest BCUT2D eigenvalue weighted by atomic mass is 10.3. The van der Waals surface area contributed by atoms with Gasteiger partial charge in [0, 0.05) is 18.7 Å². The van der Waals surface area contributed by atoms with Crippen LogP contribution in [0.4, 0.5) is 5.69 Å². The van der Waals surface area contributed by atoms with Crippen molar-refractivity contribution in [1.82, 2.24) is 5.32 Å². The molecular formula is C11H18N2O. The first-order valence-electron chi connectivity index (χ1n) is 4.60. The molecule has 1 aromatic carbocycles. The predicted octanol–water partition coefficient (Wildman–Crippen LogP) is 1.80. The maximum absolute atomic E-state index is 10.1. The Morgan fingerprint density at radius 1 is 1.29 bits per heavy atom. The number of amides is 1. The Morgan fingerprint density at radius 2 is 1.79 bits per heavy atom. The van der Waals surface area contributed by atoms with E-state index in [1.807, 2.05) is 44.2 Å².